The molecular weight excluding hydrogens is 304 g/mol. The van der Waals surface area contributed by atoms with Gasteiger partial charge in [0.2, 0.25) is 0 Å². The van der Waals surface area contributed by atoms with Crippen molar-refractivity contribution in [1.82, 2.24) is 10.6 Å². The number of hydrogen-bond donors (Lipinski definition) is 3. The van der Waals surface area contributed by atoms with Crippen LogP contribution in [0.5, 0.6) is 11.5 Å². The Morgan fingerprint density at radius 3 is 2.55 bits per heavy atom. The maximum atomic E-state index is 8.68. The van der Waals surface area contributed by atoms with Crippen molar-refractivity contribution in [3.05, 3.63) is 22.7 Å². The fourth-order valence-corrected chi connectivity index (χ4v) is 2.27. The van der Waals surface area contributed by atoms with Crippen LogP contribution in [-0.2, 0) is 6.54 Å². The Bertz CT molecular complexity index is 442. The fraction of sp³-hybridized carbons (Fsp3) is 0.625. The van der Waals surface area contributed by atoms with E-state index >= 15 is 0 Å². The smallest absolute Gasteiger partial charge is 0.166 e. The first-order valence-electron chi connectivity index (χ1n) is 7.63. The second-order valence-electron chi connectivity index (χ2n) is 5.27. The van der Waals surface area contributed by atoms with Crippen LogP contribution in [0.2, 0.25) is 5.02 Å². The minimum absolute atomic E-state index is 0.0662. The molecule has 1 aromatic carbocycles. The molecule has 22 heavy (non-hydrogen) atoms. The third kappa shape index (κ3) is 6.83. The quantitative estimate of drug-likeness (QED) is 0.543. The largest absolute Gasteiger partial charge is 0.493 e. The molecule has 0 radical (unpaired) electrons. The second kappa shape index (κ2) is 10.7. The molecule has 6 heteroatoms. The summed E-state index contributed by atoms with van der Waals surface area (Å²) in [5, 5.41) is 15.8. The molecule has 0 aliphatic heterocycles. The first-order valence-corrected chi connectivity index (χ1v) is 8.01. The number of aliphatic hydroxyl groups is 1. The Kier molecular flexibility index (Phi) is 9.24. The second-order valence-corrected chi connectivity index (χ2v) is 5.70. The summed E-state index contributed by atoms with van der Waals surface area (Å²) in [6.07, 6.45) is 1.05. The first-order chi connectivity index (χ1) is 10.6. The number of ether oxygens (including phenoxy) is 2. The topological polar surface area (TPSA) is 62.8 Å². The van der Waals surface area contributed by atoms with Gasteiger partial charge in [0.25, 0.3) is 0 Å². The number of aliphatic hydroxyl groups excluding tert-OH is 1. The van der Waals surface area contributed by atoms with Gasteiger partial charge in [-0.25, -0.2) is 0 Å². The van der Waals surface area contributed by atoms with Crippen LogP contribution >= 0.6 is 11.6 Å². The van der Waals surface area contributed by atoms with Gasteiger partial charge in [-0.05, 0) is 39.4 Å². The van der Waals surface area contributed by atoms with E-state index in [1.807, 2.05) is 19.9 Å². The maximum absolute atomic E-state index is 8.68. The molecule has 0 amide bonds. The van der Waals surface area contributed by atoms with Crippen molar-refractivity contribution in [3.63, 3.8) is 0 Å². The summed E-state index contributed by atoms with van der Waals surface area (Å²) < 4.78 is 11.2. The van der Waals surface area contributed by atoms with Crippen LogP contribution < -0.4 is 20.1 Å². The van der Waals surface area contributed by atoms with Crippen molar-refractivity contribution in [2.75, 3.05) is 33.4 Å². The number of rotatable bonds is 11. The molecule has 0 aliphatic rings. The molecule has 1 rings (SSSR count). The van der Waals surface area contributed by atoms with Crippen molar-refractivity contribution in [2.45, 2.75) is 32.9 Å². The lowest BCUT2D eigenvalue weighted by molar-refractivity contribution is 0.227. The standard InChI is InChI=1S/C16H27ClN2O3/c1-12(2)22-16-13(9-14(17)10-15(16)21-3)11-19-6-4-5-18-7-8-20/h9-10,12,18-20H,4-8,11H2,1-3H3. The molecule has 0 aliphatic carbocycles. The molecule has 1 aromatic rings. The third-order valence-corrected chi connectivity index (χ3v) is 3.20. The minimum Gasteiger partial charge on any atom is -0.493 e. The van der Waals surface area contributed by atoms with Crippen LogP contribution in [0.15, 0.2) is 12.1 Å². The van der Waals surface area contributed by atoms with Gasteiger partial charge in [-0.1, -0.05) is 11.6 Å². The summed E-state index contributed by atoms with van der Waals surface area (Å²) in [5.74, 6) is 1.40. The maximum Gasteiger partial charge on any atom is 0.166 e. The highest BCUT2D eigenvalue weighted by atomic mass is 35.5. The van der Waals surface area contributed by atoms with E-state index in [2.05, 4.69) is 10.6 Å². The van der Waals surface area contributed by atoms with Gasteiger partial charge in [-0.2, -0.15) is 0 Å². The summed E-state index contributed by atoms with van der Waals surface area (Å²) >= 11 is 6.14. The molecule has 0 spiro atoms. The van der Waals surface area contributed by atoms with Crippen LogP contribution in [0.3, 0.4) is 0 Å². The summed E-state index contributed by atoms with van der Waals surface area (Å²) in [7, 11) is 1.61. The molecule has 0 bridgehead atoms. The number of benzene rings is 1. The minimum atomic E-state index is 0.0662. The Hall–Kier alpha value is -1.01. The van der Waals surface area contributed by atoms with E-state index in [0.29, 0.717) is 23.9 Å². The lowest BCUT2D eigenvalue weighted by atomic mass is 10.1. The van der Waals surface area contributed by atoms with Crippen LogP contribution in [0.4, 0.5) is 0 Å². The predicted molar refractivity (Wildman–Crippen MR) is 90.0 cm³/mol. The van der Waals surface area contributed by atoms with Gasteiger partial charge in [0.1, 0.15) is 0 Å². The average Bonchev–Trinajstić information content (AvgIpc) is 2.48. The number of methoxy groups -OCH3 is 1. The predicted octanol–water partition coefficient (Wildman–Crippen LogP) is 2.20. The summed E-state index contributed by atoms with van der Waals surface area (Å²) in [4.78, 5) is 0. The van der Waals surface area contributed by atoms with Crippen molar-refractivity contribution in [3.8, 4) is 11.5 Å². The molecule has 3 N–H and O–H groups in total. The van der Waals surface area contributed by atoms with Gasteiger partial charge in [0.15, 0.2) is 11.5 Å². The van der Waals surface area contributed by atoms with Crippen molar-refractivity contribution >= 4 is 11.6 Å². The highest BCUT2D eigenvalue weighted by Gasteiger charge is 2.14. The molecule has 126 valence electrons. The number of hydrogen-bond acceptors (Lipinski definition) is 5. The molecule has 0 unspecified atom stereocenters. The molecule has 0 heterocycles. The van der Waals surface area contributed by atoms with Crippen molar-refractivity contribution in [2.24, 2.45) is 0 Å². The zero-order valence-corrected chi connectivity index (χ0v) is 14.4. The van der Waals surface area contributed by atoms with Gasteiger partial charge in [0, 0.05) is 29.7 Å². The van der Waals surface area contributed by atoms with Gasteiger partial charge < -0.3 is 25.2 Å². The molecule has 0 saturated carbocycles. The fourth-order valence-electron chi connectivity index (χ4n) is 2.04. The Balaban J connectivity index is 2.58. The number of halogens is 1. The van der Waals surface area contributed by atoms with E-state index in [9.17, 15) is 0 Å². The van der Waals surface area contributed by atoms with Crippen LogP contribution in [0.1, 0.15) is 25.8 Å². The van der Waals surface area contributed by atoms with E-state index in [0.717, 1.165) is 30.8 Å². The van der Waals surface area contributed by atoms with E-state index < -0.39 is 0 Å². The van der Waals surface area contributed by atoms with Crippen molar-refractivity contribution < 1.29 is 14.6 Å². The number of nitrogens with one attached hydrogen (secondary N) is 2. The van der Waals surface area contributed by atoms with E-state index in [1.165, 1.54) is 0 Å². The lowest BCUT2D eigenvalue weighted by Crippen LogP contribution is -2.24. The van der Waals surface area contributed by atoms with Gasteiger partial charge in [0.05, 0.1) is 19.8 Å². The zero-order valence-electron chi connectivity index (χ0n) is 13.6. The van der Waals surface area contributed by atoms with E-state index in [-0.39, 0.29) is 12.7 Å². The van der Waals surface area contributed by atoms with Gasteiger partial charge in [-0.15, -0.1) is 0 Å². The Morgan fingerprint density at radius 2 is 1.91 bits per heavy atom. The molecule has 0 saturated heterocycles. The van der Waals surface area contributed by atoms with Crippen LogP contribution in [0, 0.1) is 0 Å². The molecule has 5 nitrogen and oxygen atoms in total. The van der Waals surface area contributed by atoms with Gasteiger partial charge >= 0.3 is 0 Å². The Labute approximate surface area is 138 Å². The Morgan fingerprint density at radius 1 is 1.18 bits per heavy atom. The third-order valence-electron chi connectivity index (χ3n) is 2.98. The summed E-state index contributed by atoms with van der Waals surface area (Å²) in [6, 6.07) is 3.67. The van der Waals surface area contributed by atoms with E-state index in [1.54, 1.807) is 13.2 Å². The molecule has 0 aromatic heterocycles. The molecular formula is C16H27ClN2O3. The summed E-state index contributed by atoms with van der Waals surface area (Å²) in [6.45, 7) is 7.19. The monoisotopic (exact) mass is 330 g/mol. The first kappa shape index (κ1) is 19.0. The normalized spacial score (nSPS) is 11.0. The van der Waals surface area contributed by atoms with Gasteiger partial charge in [-0.3, -0.25) is 0 Å². The average molecular weight is 331 g/mol. The highest BCUT2D eigenvalue weighted by molar-refractivity contribution is 6.30. The highest BCUT2D eigenvalue weighted by Crippen LogP contribution is 2.35. The molecule has 0 fully saturated rings. The zero-order chi connectivity index (χ0) is 16.4. The SMILES string of the molecule is COc1cc(Cl)cc(CNCCCNCCO)c1OC(C)C. The van der Waals surface area contributed by atoms with Crippen LogP contribution in [0.25, 0.3) is 0 Å². The molecule has 0 atom stereocenters. The van der Waals surface area contributed by atoms with E-state index in [4.69, 9.17) is 26.2 Å². The summed E-state index contributed by atoms with van der Waals surface area (Å²) in [5.41, 5.74) is 0.987. The van der Waals surface area contributed by atoms with Crippen LogP contribution in [-0.4, -0.2) is 44.6 Å². The van der Waals surface area contributed by atoms with Crippen molar-refractivity contribution in [1.29, 1.82) is 0 Å². The lowest BCUT2D eigenvalue weighted by Gasteiger charge is -2.18.